The van der Waals surface area contributed by atoms with Gasteiger partial charge < -0.3 is 10.5 Å². The highest BCUT2D eigenvalue weighted by molar-refractivity contribution is 5.85. The molecule has 0 amide bonds. The number of hydrogen-bond acceptors (Lipinski definition) is 4. The van der Waals surface area contributed by atoms with E-state index in [0.717, 1.165) is 32.8 Å². The van der Waals surface area contributed by atoms with E-state index in [0.29, 0.717) is 6.54 Å². The van der Waals surface area contributed by atoms with Gasteiger partial charge in [0.25, 0.3) is 0 Å². The number of nitrogens with zero attached hydrogens (tertiary/aromatic N) is 3. The van der Waals surface area contributed by atoms with Gasteiger partial charge in [-0.15, -0.1) is 24.8 Å². The van der Waals surface area contributed by atoms with Gasteiger partial charge >= 0.3 is 0 Å². The minimum Gasteiger partial charge on any atom is -0.374 e. The molecule has 0 saturated carbocycles. The molecular weight excluding hydrogens is 275 g/mol. The zero-order chi connectivity index (χ0) is 11.4. The number of morpholine rings is 1. The third kappa shape index (κ3) is 5.12. The summed E-state index contributed by atoms with van der Waals surface area (Å²) in [6.07, 6.45) is 4.16. The van der Waals surface area contributed by atoms with Crippen molar-refractivity contribution < 1.29 is 4.74 Å². The van der Waals surface area contributed by atoms with Crippen molar-refractivity contribution in [1.82, 2.24) is 14.7 Å². The van der Waals surface area contributed by atoms with Crippen LogP contribution in [-0.4, -0.2) is 53.6 Å². The predicted octanol–water partition coefficient (Wildman–Crippen LogP) is 0.695. The molecule has 0 spiro atoms. The van der Waals surface area contributed by atoms with Crippen molar-refractivity contribution in [3.63, 3.8) is 0 Å². The van der Waals surface area contributed by atoms with E-state index >= 15 is 0 Å². The summed E-state index contributed by atoms with van der Waals surface area (Å²) in [6, 6.07) is 0. The molecule has 106 valence electrons. The van der Waals surface area contributed by atoms with Gasteiger partial charge in [0.1, 0.15) is 0 Å². The molecule has 1 atom stereocenters. The Morgan fingerprint density at radius 3 is 2.89 bits per heavy atom. The van der Waals surface area contributed by atoms with Crippen LogP contribution >= 0.6 is 24.8 Å². The van der Waals surface area contributed by atoms with Gasteiger partial charge in [0, 0.05) is 32.4 Å². The highest BCUT2D eigenvalue weighted by Gasteiger charge is 2.20. The lowest BCUT2D eigenvalue weighted by Crippen LogP contribution is -2.45. The fraction of sp³-hybridized carbons (Fsp3) is 0.727. The first kappa shape index (κ1) is 17.7. The molecule has 5 nitrogen and oxygen atoms in total. The van der Waals surface area contributed by atoms with Crippen molar-refractivity contribution in [2.24, 2.45) is 5.73 Å². The largest absolute Gasteiger partial charge is 0.374 e. The van der Waals surface area contributed by atoms with E-state index in [4.69, 9.17) is 10.5 Å². The average molecular weight is 297 g/mol. The molecule has 1 fully saturated rings. The smallest absolute Gasteiger partial charge is 0.0898 e. The van der Waals surface area contributed by atoms with E-state index in [1.54, 1.807) is 0 Å². The van der Waals surface area contributed by atoms with Crippen molar-refractivity contribution in [3.05, 3.63) is 18.0 Å². The lowest BCUT2D eigenvalue weighted by atomic mass is 10.2. The number of aromatic nitrogens is 2. The topological polar surface area (TPSA) is 56.3 Å². The molecule has 7 heteroatoms. The molecule has 2 heterocycles. The van der Waals surface area contributed by atoms with E-state index in [2.05, 4.69) is 10.00 Å². The van der Waals surface area contributed by atoms with E-state index in [9.17, 15) is 0 Å². The molecule has 0 aromatic carbocycles. The van der Waals surface area contributed by atoms with Crippen molar-refractivity contribution in [2.45, 2.75) is 19.6 Å². The zero-order valence-corrected chi connectivity index (χ0v) is 12.3. The molecule has 18 heavy (non-hydrogen) atoms. The maximum Gasteiger partial charge on any atom is 0.0898 e. The van der Waals surface area contributed by atoms with Gasteiger partial charge in [-0.05, 0) is 12.5 Å². The highest BCUT2D eigenvalue weighted by Crippen LogP contribution is 2.07. The van der Waals surface area contributed by atoms with Crippen LogP contribution in [0.1, 0.15) is 5.56 Å². The van der Waals surface area contributed by atoms with Gasteiger partial charge in [0.2, 0.25) is 0 Å². The van der Waals surface area contributed by atoms with Crippen molar-refractivity contribution >= 4 is 24.8 Å². The summed E-state index contributed by atoms with van der Waals surface area (Å²) >= 11 is 0. The Bertz CT molecular complexity index is 333. The molecule has 2 rings (SSSR count). The van der Waals surface area contributed by atoms with Gasteiger partial charge in [-0.1, -0.05) is 0 Å². The third-order valence-corrected chi connectivity index (χ3v) is 2.82. The molecule has 1 aromatic heterocycles. The first-order valence-corrected chi connectivity index (χ1v) is 5.81. The standard InChI is InChI=1S/C11H20N4O.2ClH/c1-10-6-13-15(7-10)9-11-8-14(3-2-12)4-5-16-11;;/h6-7,11H,2-5,8-9,12H2,1H3;2*1H. The second-order valence-corrected chi connectivity index (χ2v) is 4.32. The third-order valence-electron chi connectivity index (χ3n) is 2.82. The van der Waals surface area contributed by atoms with Crippen LogP contribution in [0.3, 0.4) is 0 Å². The molecule has 1 aliphatic rings. The Hall–Kier alpha value is -0.330. The molecule has 1 aromatic rings. The quantitative estimate of drug-likeness (QED) is 0.888. The van der Waals surface area contributed by atoms with Crippen LogP contribution in [-0.2, 0) is 11.3 Å². The monoisotopic (exact) mass is 296 g/mol. The molecule has 2 N–H and O–H groups in total. The van der Waals surface area contributed by atoms with E-state index < -0.39 is 0 Å². The van der Waals surface area contributed by atoms with Crippen LogP contribution in [0.25, 0.3) is 0 Å². The van der Waals surface area contributed by atoms with Crippen molar-refractivity contribution in [3.8, 4) is 0 Å². The normalized spacial score (nSPS) is 20.0. The highest BCUT2D eigenvalue weighted by atomic mass is 35.5. The summed E-state index contributed by atoms with van der Waals surface area (Å²) < 4.78 is 7.67. The SMILES string of the molecule is Cc1cnn(CC2CN(CCN)CCO2)c1.Cl.Cl. The predicted molar refractivity (Wildman–Crippen MR) is 76.7 cm³/mol. The maximum atomic E-state index is 5.72. The lowest BCUT2D eigenvalue weighted by Gasteiger charge is -2.32. The minimum absolute atomic E-state index is 0. The van der Waals surface area contributed by atoms with Gasteiger partial charge in [-0.3, -0.25) is 9.58 Å². The number of ether oxygens (including phenoxy) is 1. The summed E-state index contributed by atoms with van der Waals surface area (Å²) in [5, 5.41) is 4.27. The maximum absolute atomic E-state index is 5.72. The van der Waals surface area contributed by atoms with Gasteiger partial charge in [-0.25, -0.2) is 0 Å². The second kappa shape index (κ2) is 8.72. The van der Waals surface area contributed by atoms with Crippen LogP contribution in [0, 0.1) is 6.92 Å². The first-order valence-electron chi connectivity index (χ1n) is 5.81. The molecule has 1 saturated heterocycles. The Morgan fingerprint density at radius 1 is 1.50 bits per heavy atom. The molecular formula is C11H22Cl2N4O. The molecule has 0 aliphatic carbocycles. The summed E-state index contributed by atoms with van der Waals surface area (Å²) in [7, 11) is 0. The van der Waals surface area contributed by atoms with Gasteiger partial charge in [0.05, 0.1) is 25.5 Å². The second-order valence-electron chi connectivity index (χ2n) is 4.32. The van der Waals surface area contributed by atoms with Crippen LogP contribution in [0.2, 0.25) is 0 Å². The molecule has 0 bridgehead atoms. The Kier molecular flexibility index (Phi) is 8.56. The first-order chi connectivity index (χ1) is 7.78. The Balaban J connectivity index is 0.00000144. The van der Waals surface area contributed by atoms with Gasteiger partial charge in [0.15, 0.2) is 0 Å². The number of aryl methyl sites for hydroxylation is 1. The fourth-order valence-corrected chi connectivity index (χ4v) is 2.05. The minimum atomic E-state index is 0. The van der Waals surface area contributed by atoms with Gasteiger partial charge in [-0.2, -0.15) is 5.10 Å². The molecule has 0 radical (unpaired) electrons. The number of nitrogens with two attached hydrogens (primary N) is 1. The van der Waals surface area contributed by atoms with Crippen LogP contribution in [0.5, 0.6) is 0 Å². The van der Waals surface area contributed by atoms with Crippen molar-refractivity contribution in [1.29, 1.82) is 0 Å². The summed E-state index contributed by atoms with van der Waals surface area (Å²) in [5.74, 6) is 0. The van der Waals surface area contributed by atoms with Crippen molar-refractivity contribution in [2.75, 3.05) is 32.8 Å². The van der Waals surface area contributed by atoms with Crippen LogP contribution in [0.4, 0.5) is 0 Å². The van der Waals surface area contributed by atoms with Crippen LogP contribution in [0.15, 0.2) is 12.4 Å². The average Bonchev–Trinajstić information content (AvgIpc) is 2.65. The zero-order valence-electron chi connectivity index (χ0n) is 10.6. The Labute approximate surface area is 120 Å². The van der Waals surface area contributed by atoms with Crippen LogP contribution < -0.4 is 5.73 Å². The fourth-order valence-electron chi connectivity index (χ4n) is 2.05. The molecule has 1 aliphatic heterocycles. The van der Waals surface area contributed by atoms with E-state index in [-0.39, 0.29) is 30.9 Å². The molecule has 1 unspecified atom stereocenters. The Morgan fingerprint density at radius 2 is 2.28 bits per heavy atom. The number of halogens is 2. The van der Waals surface area contributed by atoms with E-state index in [1.807, 2.05) is 24.0 Å². The number of rotatable bonds is 4. The summed E-state index contributed by atoms with van der Waals surface area (Å²) in [4.78, 5) is 2.35. The summed E-state index contributed by atoms with van der Waals surface area (Å²) in [5.41, 5.74) is 6.75. The summed E-state index contributed by atoms with van der Waals surface area (Å²) in [6.45, 7) is 7.29. The van der Waals surface area contributed by atoms with E-state index in [1.165, 1.54) is 5.56 Å². The lowest BCUT2D eigenvalue weighted by molar-refractivity contribution is -0.0364. The number of hydrogen-bond donors (Lipinski definition) is 1.